The SMILES string of the molecule is CCc1c(N(C)c2cc3c(ncn3C)c(N)n2)ccnc1F. The molecule has 0 saturated heterocycles. The largest absolute Gasteiger partial charge is 0.382 e. The van der Waals surface area contributed by atoms with E-state index < -0.39 is 5.95 Å². The lowest BCUT2D eigenvalue weighted by atomic mass is 10.1. The third kappa shape index (κ3) is 2.14. The summed E-state index contributed by atoms with van der Waals surface area (Å²) in [6.07, 6.45) is 3.69. The maximum atomic E-state index is 13.9. The Morgan fingerprint density at radius 1 is 1.36 bits per heavy atom. The number of halogens is 1. The zero-order chi connectivity index (χ0) is 15.9. The molecule has 3 rings (SSSR count). The van der Waals surface area contributed by atoms with Crippen molar-refractivity contribution in [3.05, 3.63) is 36.2 Å². The van der Waals surface area contributed by atoms with Gasteiger partial charge in [0.25, 0.3) is 0 Å². The van der Waals surface area contributed by atoms with E-state index in [0.29, 0.717) is 29.1 Å². The molecule has 0 amide bonds. The van der Waals surface area contributed by atoms with E-state index in [1.165, 1.54) is 6.20 Å². The number of aryl methyl sites for hydroxylation is 1. The normalized spacial score (nSPS) is 11.1. The second kappa shape index (κ2) is 5.25. The summed E-state index contributed by atoms with van der Waals surface area (Å²) in [4.78, 5) is 14.1. The molecule has 0 aromatic carbocycles. The predicted octanol–water partition coefficient (Wildman–Crippen LogP) is 2.41. The molecule has 0 saturated carbocycles. The van der Waals surface area contributed by atoms with Crippen molar-refractivity contribution in [1.29, 1.82) is 0 Å². The zero-order valence-corrected chi connectivity index (χ0v) is 12.7. The molecule has 0 spiro atoms. The molecular weight excluding hydrogens is 283 g/mol. The van der Waals surface area contributed by atoms with Crippen molar-refractivity contribution >= 4 is 28.4 Å². The van der Waals surface area contributed by atoms with Gasteiger partial charge >= 0.3 is 0 Å². The minimum absolute atomic E-state index is 0.354. The molecule has 0 aliphatic heterocycles. The van der Waals surface area contributed by atoms with Crippen LogP contribution in [0.3, 0.4) is 0 Å². The highest BCUT2D eigenvalue weighted by atomic mass is 19.1. The Morgan fingerprint density at radius 2 is 2.14 bits per heavy atom. The van der Waals surface area contributed by atoms with Crippen LogP contribution in [0, 0.1) is 5.95 Å². The molecule has 0 fully saturated rings. The highest BCUT2D eigenvalue weighted by Gasteiger charge is 2.16. The van der Waals surface area contributed by atoms with Crippen molar-refractivity contribution < 1.29 is 4.39 Å². The Balaban J connectivity index is 2.15. The molecule has 114 valence electrons. The van der Waals surface area contributed by atoms with Gasteiger partial charge in [-0.3, -0.25) is 0 Å². The van der Waals surface area contributed by atoms with Crippen LogP contribution in [0.1, 0.15) is 12.5 Å². The Labute approximate surface area is 127 Å². The monoisotopic (exact) mass is 300 g/mol. The molecule has 0 aliphatic carbocycles. The van der Waals surface area contributed by atoms with Crippen molar-refractivity contribution in [2.75, 3.05) is 17.7 Å². The van der Waals surface area contributed by atoms with Gasteiger partial charge in [-0.05, 0) is 12.5 Å². The summed E-state index contributed by atoms with van der Waals surface area (Å²) in [5.74, 6) is 0.530. The van der Waals surface area contributed by atoms with Crippen LogP contribution in [0.15, 0.2) is 24.7 Å². The number of fused-ring (bicyclic) bond motifs is 1. The fourth-order valence-electron chi connectivity index (χ4n) is 2.53. The lowest BCUT2D eigenvalue weighted by Crippen LogP contribution is -2.15. The van der Waals surface area contributed by atoms with Crippen LogP contribution in [-0.4, -0.2) is 26.6 Å². The zero-order valence-electron chi connectivity index (χ0n) is 12.7. The molecule has 0 atom stereocenters. The average molecular weight is 300 g/mol. The van der Waals surface area contributed by atoms with E-state index in [-0.39, 0.29) is 0 Å². The summed E-state index contributed by atoms with van der Waals surface area (Å²) in [6.45, 7) is 1.89. The van der Waals surface area contributed by atoms with Crippen LogP contribution in [0.2, 0.25) is 0 Å². The number of nitrogen functional groups attached to an aromatic ring is 1. The fraction of sp³-hybridized carbons (Fsp3) is 0.267. The van der Waals surface area contributed by atoms with Crippen LogP contribution in [0.5, 0.6) is 0 Å². The van der Waals surface area contributed by atoms with Crippen molar-refractivity contribution in [2.45, 2.75) is 13.3 Å². The predicted molar refractivity (Wildman–Crippen MR) is 84.6 cm³/mol. The molecule has 0 unspecified atom stereocenters. The van der Waals surface area contributed by atoms with Gasteiger partial charge in [0.15, 0.2) is 5.82 Å². The fourth-order valence-corrected chi connectivity index (χ4v) is 2.53. The first-order chi connectivity index (χ1) is 10.5. The standard InChI is InChI=1S/C15H17FN6/c1-4-9-10(5-6-18-14(9)16)22(3)12-7-11-13(15(17)20-12)19-8-21(11)2/h5-8H,4H2,1-3H3,(H2,17,20). The average Bonchev–Trinajstić information content (AvgIpc) is 2.88. The molecule has 6 nitrogen and oxygen atoms in total. The Hall–Kier alpha value is -2.70. The molecule has 2 N–H and O–H groups in total. The third-order valence-corrected chi connectivity index (χ3v) is 3.76. The van der Waals surface area contributed by atoms with Gasteiger partial charge in [-0.1, -0.05) is 6.92 Å². The van der Waals surface area contributed by atoms with Crippen molar-refractivity contribution in [1.82, 2.24) is 19.5 Å². The van der Waals surface area contributed by atoms with Crippen LogP contribution in [0.4, 0.5) is 21.7 Å². The highest BCUT2D eigenvalue weighted by Crippen LogP contribution is 2.30. The lowest BCUT2D eigenvalue weighted by molar-refractivity contribution is 0.568. The van der Waals surface area contributed by atoms with E-state index in [1.807, 2.05) is 36.6 Å². The summed E-state index contributed by atoms with van der Waals surface area (Å²) in [5, 5.41) is 0. The first kappa shape index (κ1) is 14.2. The molecule has 7 heteroatoms. The Morgan fingerprint density at radius 3 is 2.86 bits per heavy atom. The second-order valence-electron chi connectivity index (χ2n) is 5.10. The first-order valence-electron chi connectivity index (χ1n) is 6.97. The minimum Gasteiger partial charge on any atom is -0.382 e. The van der Waals surface area contributed by atoms with Crippen LogP contribution < -0.4 is 10.6 Å². The molecule has 3 aromatic heterocycles. The molecule has 0 bridgehead atoms. The summed E-state index contributed by atoms with van der Waals surface area (Å²) in [6, 6.07) is 3.66. The molecule has 22 heavy (non-hydrogen) atoms. The number of imidazole rings is 1. The van der Waals surface area contributed by atoms with E-state index in [0.717, 1.165) is 11.2 Å². The van der Waals surface area contributed by atoms with Gasteiger partial charge in [0.1, 0.15) is 11.3 Å². The maximum Gasteiger partial charge on any atom is 0.218 e. The van der Waals surface area contributed by atoms with E-state index >= 15 is 0 Å². The quantitative estimate of drug-likeness (QED) is 0.752. The van der Waals surface area contributed by atoms with E-state index in [1.54, 1.807) is 12.4 Å². The Bertz CT molecular complexity index is 841. The summed E-state index contributed by atoms with van der Waals surface area (Å²) < 4.78 is 15.7. The summed E-state index contributed by atoms with van der Waals surface area (Å²) in [5.41, 5.74) is 8.80. The van der Waals surface area contributed by atoms with E-state index in [9.17, 15) is 4.39 Å². The number of rotatable bonds is 3. The van der Waals surface area contributed by atoms with E-state index in [4.69, 9.17) is 5.73 Å². The summed E-state index contributed by atoms with van der Waals surface area (Å²) in [7, 11) is 3.72. The van der Waals surface area contributed by atoms with Gasteiger partial charge in [-0.15, -0.1) is 0 Å². The number of aromatic nitrogens is 4. The van der Waals surface area contributed by atoms with Crippen molar-refractivity contribution in [3.8, 4) is 0 Å². The lowest BCUT2D eigenvalue weighted by Gasteiger charge is -2.21. The van der Waals surface area contributed by atoms with Crippen molar-refractivity contribution in [3.63, 3.8) is 0 Å². The van der Waals surface area contributed by atoms with Gasteiger partial charge in [-0.25, -0.2) is 15.0 Å². The molecule has 3 heterocycles. The molecule has 0 aliphatic rings. The molecular formula is C15H17FN6. The number of nitrogens with zero attached hydrogens (tertiary/aromatic N) is 5. The van der Waals surface area contributed by atoms with Crippen LogP contribution in [-0.2, 0) is 13.5 Å². The molecule has 0 radical (unpaired) electrons. The number of hydrogen-bond donors (Lipinski definition) is 1. The number of hydrogen-bond acceptors (Lipinski definition) is 5. The number of nitrogens with two attached hydrogens (primary N) is 1. The van der Waals surface area contributed by atoms with Crippen molar-refractivity contribution in [2.24, 2.45) is 7.05 Å². The van der Waals surface area contributed by atoms with Gasteiger partial charge in [0, 0.05) is 31.9 Å². The summed E-state index contributed by atoms with van der Waals surface area (Å²) >= 11 is 0. The Kier molecular flexibility index (Phi) is 3.40. The second-order valence-corrected chi connectivity index (χ2v) is 5.10. The highest BCUT2D eigenvalue weighted by molar-refractivity contribution is 5.88. The van der Waals surface area contributed by atoms with Crippen LogP contribution in [0.25, 0.3) is 11.0 Å². The minimum atomic E-state index is -0.457. The first-order valence-corrected chi connectivity index (χ1v) is 6.97. The van der Waals surface area contributed by atoms with Crippen LogP contribution >= 0.6 is 0 Å². The van der Waals surface area contributed by atoms with Gasteiger partial charge in [0.2, 0.25) is 5.95 Å². The number of pyridine rings is 2. The smallest absolute Gasteiger partial charge is 0.218 e. The van der Waals surface area contributed by atoms with E-state index in [2.05, 4.69) is 15.0 Å². The topological polar surface area (TPSA) is 72.9 Å². The third-order valence-electron chi connectivity index (χ3n) is 3.76. The maximum absolute atomic E-state index is 13.9. The molecule has 3 aromatic rings. The number of anilines is 3. The van der Waals surface area contributed by atoms with Gasteiger partial charge in [0.05, 0.1) is 17.5 Å². The van der Waals surface area contributed by atoms with Gasteiger partial charge in [-0.2, -0.15) is 4.39 Å². The van der Waals surface area contributed by atoms with Gasteiger partial charge < -0.3 is 15.2 Å².